The number of allylic oxidation sites excluding steroid dienone is 5. The lowest BCUT2D eigenvalue weighted by atomic mass is 9.65. The van der Waals surface area contributed by atoms with Crippen LogP contribution in [0, 0.1) is 24.7 Å². The third-order valence-corrected chi connectivity index (χ3v) is 10.1. The summed E-state index contributed by atoms with van der Waals surface area (Å²) in [6.45, 7) is 24.7. The molecule has 0 bridgehead atoms. The van der Waals surface area contributed by atoms with Crippen LogP contribution in [0.2, 0.25) is 0 Å². The van der Waals surface area contributed by atoms with Crippen LogP contribution in [0.25, 0.3) is 0 Å². The number of benzene rings is 1. The molecular weight excluding hydrogens is 555 g/mol. The van der Waals surface area contributed by atoms with E-state index in [-0.39, 0.29) is 5.41 Å². The van der Waals surface area contributed by atoms with E-state index in [2.05, 4.69) is 104 Å². The fourth-order valence-electron chi connectivity index (χ4n) is 7.50. The van der Waals surface area contributed by atoms with Gasteiger partial charge in [-0.2, -0.15) is 0 Å². The molecule has 0 saturated heterocycles. The van der Waals surface area contributed by atoms with Crippen LogP contribution in [0.15, 0.2) is 78.6 Å². The van der Waals surface area contributed by atoms with Crippen LogP contribution in [0.3, 0.4) is 0 Å². The van der Waals surface area contributed by atoms with Crippen LogP contribution in [0.4, 0.5) is 0 Å². The Morgan fingerprint density at radius 2 is 1.89 bits per heavy atom. The summed E-state index contributed by atoms with van der Waals surface area (Å²) in [5.41, 5.74) is 8.65. The van der Waals surface area contributed by atoms with Crippen molar-refractivity contribution in [1.29, 1.82) is 0 Å². The fraction of sp³-hybridized carbons (Fsp3) is 0.600. The quantitative estimate of drug-likeness (QED) is 0.104. The molecule has 3 aliphatic rings. The third-order valence-electron chi connectivity index (χ3n) is 9.88. The van der Waals surface area contributed by atoms with Crippen LogP contribution < -0.4 is 10.0 Å². The van der Waals surface area contributed by atoms with Crippen molar-refractivity contribution in [3.05, 3.63) is 95.3 Å². The molecule has 2 N–H and O–H groups in total. The Morgan fingerprint density at radius 3 is 2.52 bits per heavy atom. The smallest absolute Gasteiger partial charge is 0.0397 e. The van der Waals surface area contributed by atoms with Crippen LogP contribution >= 0.6 is 12.8 Å². The van der Waals surface area contributed by atoms with Crippen molar-refractivity contribution >= 4 is 12.8 Å². The summed E-state index contributed by atoms with van der Waals surface area (Å²) in [7, 11) is 2.39. The number of hydrogen-bond donors (Lipinski definition) is 3. The number of rotatable bonds is 15. The lowest BCUT2D eigenvalue weighted by Gasteiger charge is -2.46. The first kappa shape index (κ1) is 38.2. The van der Waals surface area contributed by atoms with Crippen LogP contribution in [-0.2, 0) is 11.8 Å². The molecule has 3 nitrogen and oxygen atoms in total. The van der Waals surface area contributed by atoms with E-state index in [1.165, 1.54) is 62.6 Å². The van der Waals surface area contributed by atoms with Gasteiger partial charge in [0.05, 0.1) is 0 Å². The van der Waals surface area contributed by atoms with Crippen molar-refractivity contribution < 1.29 is 0 Å². The first-order valence-electron chi connectivity index (χ1n) is 17.6. The zero-order valence-electron chi connectivity index (χ0n) is 29.4. The van der Waals surface area contributed by atoms with Crippen LogP contribution in [-0.4, -0.2) is 38.1 Å². The van der Waals surface area contributed by atoms with Gasteiger partial charge in [-0.1, -0.05) is 114 Å². The maximum absolute atomic E-state index is 4.19. The summed E-state index contributed by atoms with van der Waals surface area (Å²) < 4.78 is 2.92. The topological polar surface area (TPSA) is 27.3 Å². The molecule has 0 aliphatic heterocycles. The Morgan fingerprint density at radius 1 is 1.11 bits per heavy atom. The minimum absolute atomic E-state index is 0.235. The highest BCUT2D eigenvalue weighted by Gasteiger charge is 2.39. The van der Waals surface area contributed by atoms with Crippen molar-refractivity contribution in [3.63, 3.8) is 0 Å². The zero-order chi connectivity index (χ0) is 32.5. The highest BCUT2D eigenvalue weighted by molar-refractivity contribution is 7.78. The molecule has 1 aromatic rings. The van der Waals surface area contributed by atoms with Crippen molar-refractivity contribution in [2.75, 3.05) is 33.2 Å². The summed E-state index contributed by atoms with van der Waals surface area (Å²) in [6.07, 6.45) is 22.5. The minimum atomic E-state index is 0.235. The molecule has 1 saturated carbocycles. The Bertz CT molecular complexity index is 1120. The molecule has 0 spiro atoms. The predicted octanol–water partition coefficient (Wildman–Crippen LogP) is 9.92. The average molecular weight is 620 g/mol. The zero-order valence-corrected chi connectivity index (χ0v) is 30.2. The number of hydrogen-bond acceptors (Lipinski definition) is 4. The van der Waals surface area contributed by atoms with Crippen molar-refractivity contribution in [2.45, 2.75) is 105 Å². The van der Waals surface area contributed by atoms with Crippen molar-refractivity contribution in [1.82, 2.24) is 14.9 Å². The second-order valence-corrected chi connectivity index (χ2v) is 13.1. The summed E-state index contributed by atoms with van der Waals surface area (Å²) in [6, 6.07) is 7.30. The van der Waals surface area contributed by atoms with Gasteiger partial charge >= 0.3 is 0 Å². The standard InChI is InChI=1S/C36H53N3S.2C2H6/c1-6-22-37-23-8-9-28(3)34-17-16-33(34)25-39(5)26-36(20-7-10-32-24-27(2)11-18-35(32)36)21-19-30-12-14-31(15-13-30)29(4)38-40;2*1-2/h6,8-9,11-12,14,18,24,28,33-34,37-38,40H,1,4,7,10,13,15-17,19-23,25-26H2,2-3,5H3;2*1-2H3/b9-8+;;. The fourth-order valence-corrected chi connectivity index (χ4v) is 7.65. The maximum Gasteiger partial charge on any atom is 0.0397 e. The highest BCUT2D eigenvalue weighted by atomic mass is 32.1. The lowest BCUT2D eigenvalue weighted by molar-refractivity contribution is 0.0808. The summed E-state index contributed by atoms with van der Waals surface area (Å²) >= 11 is 4.19. The second-order valence-electron chi connectivity index (χ2n) is 12.8. The minimum Gasteiger partial charge on any atom is -0.333 e. The van der Waals surface area contributed by atoms with Gasteiger partial charge in [0.2, 0.25) is 0 Å². The number of nitrogens with zero attached hydrogens (tertiary/aromatic N) is 1. The molecule has 1 aromatic carbocycles. The normalized spacial score (nSPS) is 23.1. The highest BCUT2D eigenvalue weighted by Crippen LogP contribution is 2.45. The molecule has 246 valence electrons. The molecule has 44 heavy (non-hydrogen) atoms. The van der Waals surface area contributed by atoms with E-state index in [1.54, 1.807) is 16.7 Å². The summed E-state index contributed by atoms with van der Waals surface area (Å²) in [4.78, 5) is 2.70. The molecule has 0 heterocycles. The number of likely N-dealkylation sites (N-methyl/N-ethyl adjacent to an activating group) is 1. The molecule has 1 fully saturated rings. The van der Waals surface area contributed by atoms with Crippen LogP contribution in [0.1, 0.15) is 103 Å². The van der Waals surface area contributed by atoms with E-state index < -0.39 is 0 Å². The van der Waals surface area contributed by atoms with E-state index in [0.29, 0.717) is 5.92 Å². The van der Waals surface area contributed by atoms with Gasteiger partial charge in [0.1, 0.15) is 0 Å². The van der Waals surface area contributed by atoms with Gasteiger partial charge in [0.25, 0.3) is 0 Å². The Balaban J connectivity index is 0.00000162. The molecule has 0 radical (unpaired) electrons. The first-order chi connectivity index (χ1) is 21.3. The van der Waals surface area contributed by atoms with Crippen molar-refractivity contribution in [2.24, 2.45) is 17.8 Å². The predicted molar refractivity (Wildman–Crippen MR) is 199 cm³/mol. The monoisotopic (exact) mass is 619 g/mol. The third kappa shape index (κ3) is 10.8. The van der Waals surface area contributed by atoms with Gasteiger partial charge in [0, 0.05) is 37.3 Å². The summed E-state index contributed by atoms with van der Waals surface area (Å²) in [5.74, 6) is 2.27. The van der Waals surface area contributed by atoms with E-state index in [4.69, 9.17) is 0 Å². The summed E-state index contributed by atoms with van der Waals surface area (Å²) in [5, 5.41) is 3.39. The molecule has 4 rings (SSSR count). The van der Waals surface area contributed by atoms with Gasteiger partial charge in [-0.3, -0.25) is 0 Å². The lowest BCUT2D eigenvalue weighted by Crippen LogP contribution is -2.46. The van der Waals surface area contributed by atoms with E-state index >= 15 is 0 Å². The van der Waals surface area contributed by atoms with E-state index in [0.717, 1.165) is 50.0 Å². The Hall–Kier alpha value is -2.01. The SMILES string of the molecule is C=CCNC/C=C/C(C)C1CCC1CN(C)CC1(CCC2=CC=C(C(=C)NS)CC2)CCCc2cc(C)ccc21.CC.CC. The van der Waals surface area contributed by atoms with Gasteiger partial charge in [-0.25, -0.2) is 0 Å². The average Bonchev–Trinajstić information content (AvgIpc) is 3.04. The van der Waals surface area contributed by atoms with Gasteiger partial charge in [-0.05, 0) is 106 Å². The van der Waals surface area contributed by atoms with Gasteiger partial charge in [-0.15, -0.1) is 6.58 Å². The molecule has 3 aliphatic carbocycles. The number of fused-ring (bicyclic) bond motifs is 1. The Kier molecular flexibility index (Phi) is 17.5. The van der Waals surface area contributed by atoms with Gasteiger partial charge in [0.15, 0.2) is 0 Å². The number of aryl methyl sites for hydroxylation is 2. The van der Waals surface area contributed by atoms with Crippen molar-refractivity contribution in [3.8, 4) is 0 Å². The molecule has 0 aromatic heterocycles. The Labute approximate surface area is 278 Å². The molecule has 0 amide bonds. The van der Waals surface area contributed by atoms with E-state index in [9.17, 15) is 0 Å². The molecule has 4 heteroatoms. The largest absolute Gasteiger partial charge is 0.333 e. The van der Waals surface area contributed by atoms with E-state index in [1.807, 2.05) is 33.8 Å². The van der Waals surface area contributed by atoms with Crippen LogP contribution in [0.5, 0.6) is 0 Å². The number of thiol groups is 1. The second kappa shape index (κ2) is 20.2. The molecular formula is C40H65N3S. The van der Waals surface area contributed by atoms with Gasteiger partial charge < -0.3 is 14.9 Å². The maximum atomic E-state index is 4.19. The first-order valence-corrected chi connectivity index (χ1v) is 18.0. The number of nitrogens with one attached hydrogen (secondary N) is 2. The molecule has 4 atom stereocenters. The molecule has 4 unspecified atom stereocenters.